The Kier molecular flexibility index (Phi) is 4.38. The lowest BCUT2D eigenvalue weighted by molar-refractivity contribution is 0.314. The molecule has 0 bridgehead atoms. The van der Waals surface area contributed by atoms with Gasteiger partial charge in [0.15, 0.2) is 5.82 Å². The SMILES string of the molecule is CCC(CC)c1nc(C2(N)CCCCCC2)no1. The lowest BCUT2D eigenvalue weighted by Gasteiger charge is -2.23. The Morgan fingerprint density at radius 1 is 1.17 bits per heavy atom. The van der Waals surface area contributed by atoms with E-state index in [2.05, 4.69) is 24.0 Å². The van der Waals surface area contributed by atoms with E-state index >= 15 is 0 Å². The molecule has 1 aromatic heterocycles. The monoisotopic (exact) mass is 251 g/mol. The summed E-state index contributed by atoms with van der Waals surface area (Å²) in [6, 6.07) is 0. The maximum absolute atomic E-state index is 6.49. The Hall–Kier alpha value is -0.900. The average molecular weight is 251 g/mol. The van der Waals surface area contributed by atoms with Crippen molar-refractivity contribution in [1.82, 2.24) is 10.1 Å². The van der Waals surface area contributed by atoms with E-state index in [-0.39, 0.29) is 5.54 Å². The Labute approximate surface area is 109 Å². The van der Waals surface area contributed by atoms with Gasteiger partial charge in [-0.05, 0) is 25.7 Å². The molecule has 0 amide bonds. The molecule has 0 saturated heterocycles. The van der Waals surface area contributed by atoms with Crippen LogP contribution < -0.4 is 5.73 Å². The number of hydrogen-bond acceptors (Lipinski definition) is 4. The minimum absolute atomic E-state index is 0.357. The van der Waals surface area contributed by atoms with E-state index < -0.39 is 0 Å². The van der Waals surface area contributed by atoms with E-state index in [1.54, 1.807) is 0 Å². The maximum Gasteiger partial charge on any atom is 0.229 e. The van der Waals surface area contributed by atoms with Crippen molar-refractivity contribution in [2.45, 2.75) is 76.7 Å². The van der Waals surface area contributed by atoms with Crippen LogP contribution in [0.25, 0.3) is 0 Å². The smallest absolute Gasteiger partial charge is 0.229 e. The number of nitrogens with two attached hydrogens (primary N) is 1. The molecule has 1 aliphatic carbocycles. The van der Waals surface area contributed by atoms with Gasteiger partial charge in [0.2, 0.25) is 5.89 Å². The van der Waals surface area contributed by atoms with Crippen LogP contribution in [0.5, 0.6) is 0 Å². The summed E-state index contributed by atoms with van der Waals surface area (Å²) >= 11 is 0. The quantitative estimate of drug-likeness (QED) is 0.832. The minimum atomic E-state index is -0.357. The third kappa shape index (κ3) is 2.74. The number of rotatable bonds is 4. The van der Waals surface area contributed by atoms with Gasteiger partial charge in [0, 0.05) is 5.92 Å². The van der Waals surface area contributed by atoms with Gasteiger partial charge in [-0.3, -0.25) is 0 Å². The van der Waals surface area contributed by atoms with Gasteiger partial charge in [-0.25, -0.2) is 0 Å². The number of nitrogens with zero attached hydrogens (tertiary/aromatic N) is 2. The van der Waals surface area contributed by atoms with E-state index in [1.165, 1.54) is 25.7 Å². The summed E-state index contributed by atoms with van der Waals surface area (Å²) in [4.78, 5) is 4.59. The van der Waals surface area contributed by atoms with Crippen molar-refractivity contribution in [3.05, 3.63) is 11.7 Å². The zero-order valence-electron chi connectivity index (χ0n) is 11.6. The maximum atomic E-state index is 6.49. The van der Waals surface area contributed by atoms with E-state index in [9.17, 15) is 0 Å². The van der Waals surface area contributed by atoms with Crippen molar-refractivity contribution in [1.29, 1.82) is 0 Å². The first-order chi connectivity index (χ1) is 8.69. The first kappa shape index (κ1) is 13.5. The Balaban J connectivity index is 2.17. The summed E-state index contributed by atoms with van der Waals surface area (Å²) < 4.78 is 5.43. The molecule has 1 aromatic rings. The largest absolute Gasteiger partial charge is 0.339 e. The first-order valence-electron chi connectivity index (χ1n) is 7.32. The Morgan fingerprint density at radius 3 is 2.33 bits per heavy atom. The molecule has 1 heterocycles. The van der Waals surface area contributed by atoms with Crippen LogP contribution in [0, 0.1) is 0 Å². The second-order valence-electron chi connectivity index (χ2n) is 5.54. The molecule has 18 heavy (non-hydrogen) atoms. The van der Waals surface area contributed by atoms with Crippen molar-refractivity contribution in [3.8, 4) is 0 Å². The molecule has 0 aromatic carbocycles. The zero-order valence-corrected chi connectivity index (χ0v) is 11.6. The second kappa shape index (κ2) is 5.83. The van der Waals surface area contributed by atoms with Crippen molar-refractivity contribution in [2.75, 3.05) is 0 Å². The lowest BCUT2D eigenvalue weighted by atomic mass is 9.90. The summed E-state index contributed by atoms with van der Waals surface area (Å²) in [6.45, 7) is 4.31. The molecule has 1 fully saturated rings. The van der Waals surface area contributed by atoms with Crippen LogP contribution >= 0.6 is 0 Å². The molecule has 0 aliphatic heterocycles. The molecule has 4 nitrogen and oxygen atoms in total. The molecule has 2 N–H and O–H groups in total. The van der Waals surface area contributed by atoms with Crippen LogP contribution in [0.2, 0.25) is 0 Å². The second-order valence-corrected chi connectivity index (χ2v) is 5.54. The fourth-order valence-electron chi connectivity index (χ4n) is 2.82. The topological polar surface area (TPSA) is 64.9 Å². The molecular weight excluding hydrogens is 226 g/mol. The first-order valence-corrected chi connectivity index (χ1v) is 7.32. The molecule has 0 spiro atoms. The highest BCUT2D eigenvalue weighted by Gasteiger charge is 2.33. The van der Waals surface area contributed by atoms with Gasteiger partial charge in [-0.1, -0.05) is 44.7 Å². The van der Waals surface area contributed by atoms with Crippen molar-refractivity contribution < 1.29 is 4.52 Å². The lowest BCUT2D eigenvalue weighted by Crippen LogP contribution is -2.37. The Bertz CT molecular complexity index is 363. The molecule has 0 unspecified atom stereocenters. The molecule has 1 aliphatic rings. The minimum Gasteiger partial charge on any atom is -0.339 e. The van der Waals surface area contributed by atoms with Gasteiger partial charge in [0.1, 0.15) is 0 Å². The van der Waals surface area contributed by atoms with Gasteiger partial charge in [-0.15, -0.1) is 0 Å². The third-order valence-electron chi connectivity index (χ3n) is 4.22. The van der Waals surface area contributed by atoms with Crippen LogP contribution in [-0.2, 0) is 5.54 Å². The van der Waals surface area contributed by atoms with E-state index in [1.807, 2.05) is 0 Å². The molecule has 0 atom stereocenters. The van der Waals surface area contributed by atoms with E-state index in [0.717, 1.165) is 37.4 Å². The molecular formula is C14H25N3O. The van der Waals surface area contributed by atoms with Gasteiger partial charge in [0.05, 0.1) is 5.54 Å². The van der Waals surface area contributed by atoms with Gasteiger partial charge >= 0.3 is 0 Å². The van der Waals surface area contributed by atoms with Gasteiger partial charge in [-0.2, -0.15) is 4.98 Å². The number of aromatic nitrogens is 2. The molecule has 102 valence electrons. The van der Waals surface area contributed by atoms with Crippen molar-refractivity contribution >= 4 is 0 Å². The predicted molar refractivity (Wildman–Crippen MR) is 71.2 cm³/mol. The van der Waals surface area contributed by atoms with E-state index in [0.29, 0.717) is 5.92 Å². The predicted octanol–water partition coefficient (Wildman–Crippen LogP) is 3.48. The summed E-state index contributed by atoms with van der Waals surface area (Å²) in [5.74, 6) is 1.87. The van der Waals surface area contributed by atoms with Crippen molar-refractivity contribution in [2.24, 2.45) is 5.73 Å². The summed E-state index contributed by atoms with van der Waals surface area (Å²) in [6.07, 6.45) is 8.93. The van der Waals surface area contributed by atoms with Gasteiger partial charge in [0.25, 0.3) is 0 Å². The average Bonchev–Trinajstić information content (AvgIpc) is 2.76. The normalized spacial score (nSPS) is 20.0. The van der Waals surface area contributed by atoms with Crippen LogP contribution in [0.3, 0.4) is 0 Å². The fraction of sp³-hybridized carbons (Fsp3) is 0.857. The van der Waals surface area contributed by atoms with Crippen LogP contribution in [0.15, 0.2) is 4.52 Å². The van der Waals surface area contributed by atoms with Crippen molar-refractivity contribution in [3.63, 3.8) is 0 Å². The highest BCUT2D eigenvalue weighted by molar-refractivity contribution is 5.06. The fourth-order valence-corrected chi connectivity index (χ4v) is 2.82. The molecule has 4 heteroatoms. The number of hydrogen-bond donors (Lipinski definition) is 1. The zero-order chi connectivity index (χ0) is 13.0. The highest BCUT2D eigenvalue weighted by Crippen LogP contribution is 2.33. The summed E-state index contributed by atoms with van der Waals surface area (Å²) in [7, 11) is 0. The summed E-state index contributed by atoms with van der Waals surface area (Å²) in [5.41, 5.74) is 6.13. The molecule has 0 radical (unpaired) electrons. The summed E-state index contributed by atoms with van der Waals surface area (Å²) in [5, 5.41) is 4.16. The molecule has 1 saturated carbocycles. The van der Waals surface area contributed by atoms with Crippen LogP contribution in [0.4, 0.5) is 0 Å². The molecule has 2 rings (SSSR count). The van der Waals surface area contributed by atoms with E-state index in [4.69, 9.17) is 10.3 Å². The van der Waals surface area contributed by atoms with Crippen LogP contribution in [-0.4, -0.2) is 10.1 Å². The highest BCUT2D eigenvalue weighted by atomic mass is 16.5. The van der Waals surface area contributed by atoms with Gasteiger partial charge < -0.3 is 10.3 Å². The van der Waals surface area contributed by atoms with Crippen LogP contribution in [0.1, 0.15) is 82.8 Å². The standard InChI is InChI=1S/C14H25N3O/c1-3-11(4-2)12-16-13(17-18-12)14(15)9-7-5-6-8-10-14/h11H,3-10,15H2,1-2H3. The third-order valence-corrected chi connectivity index (χ3v) is 4.22. The Morgan fingerprint density at radius 2 is 1.78 bits per heavy atom.